The van der Waals surface area contributed by atoms with Crippen LogP contribution in [-0.4, -0.2) is 30.9 Å². The van der Waals surface area contributed by atoms with Gasteiger partial charge in [0, 0.05) is 17.3 Å². The highest BCUT2D eigenvalue weighted by Gasteiger charge is 2.07. The molecule has 0 fully saturated rings. The number of benzene rings is 1. The average Bonchev–Trinajstić information content (AvgIpc) is 2.43. The molecule has 0 aromatic heterocycles. The van der Waals surface area contributed by atoms with Crippen LogP contribution in [0.1, 0.15) is 44.0 Å². The Morgan fingerprint density at radius 1 is 1.14 bits per heavy atom. The third-order valence-electron chi connectivity index (χ3n) is 2.84. The van der Waals surface area contributed by atoms with Crippen LogP contribution in [0.15, 0.2) is 24.3 Å². The topological polar surface area (TPSA) is 70.2 Å². The van der Waals surface area contributed by atoms with Gasteiger partial charge in [-0.3, -0.25) is 9.59 Å². The Bertz CT molecular complexity index is 455. The molecule has 1 aromatic rings. The number of hydrogen-bond donors (Lipinski definition) is 3. The average molecular weight is 291 g/mol. The normalized spacial score (nSPS) is 10.5. The largest absolute Gasteiger partial charge is 0.350 e. The van der Waals surface area contributed by atoms with Crippen LogP contribution in [0.5, 0.6) is 0 Å². The van der Waals surface area contributed by atoms with Crippen LogP contribution >= 0.6 is 0 Å². The molecule has 116 valence electrons. The van der Waals surface area contributed by atoms with Crippen LogP contribution in [0.2, 0.25) is 0 Å². The number of carbonyl (C=O) groups excluding carboxylic acids is 2. The summed E-state index contributed by atoms with van der Waals surface area (Å²) in [5.74, 6) is -0.186. The van der Waals surface area contributed by atoms with Crippen molar-refractivity contribution in [2.45, 2.75) is 39.7 Å². The molecule has 1 aromatic carbocycles. The molecule has 0 aliphatic heterocycles. The van der Waals surface area contributed by atoms with Gasteiger partial charge in [-0.05, 0) is 51.1 Å². The molecule has 0 atom stereocenters. The molecule has 5 heteroatoms. The maximum absolute atomic E-state index is 11.8. The number of amides is 2. The van der Waals surface area contributed by atoms with Gasteiger partial charge in [0.15, 0.2) is 0 Å². The van der Waals surface area contributed by atoms with Crippen LogP contribution in [0.25, 0.3) is 0 Å². The molecular formula is C16H25N3O2. The van der Waals surface area contributed by atoms with Crippen molar-refractivity contribution < 1.29 is 9.59 Å². The zero-order valence-corrected chi connectivity index (χ0v) is 13.0. The Hall–Kier alpha value is -1.88. The summed E-state index contributed by atoms with van der Waals surface area (Å²) < 4.78 is 0. The summed E-state index contributed by atoms with van der Waals surface area (Å²) in [6.07, 6.45) is 2.17. The van der Waals surface area contributed by atoms with E-state index in [2.05, 4.69) is 22.9 Å². The van der Waals surface area contributed by atoms with Gasteiger partial charge in [-0.15, -0.1) is 0 Å². The summed E-state index contributed by atoms with van der Waals surface area (Å²) in [4.78, 5) is 23.5. The van der Waals surface area contributed by atoms with E-state index in [-0.39, 0.29) is 17.9 Å². The van der Waals surface area contributed by atoms with Gasteiger partial charge >= 0.3 is 0 Å². The first-order valence-electron chi connectivity index (χ1n) is 7.44. The van der Waals surface area contributed by atoms with Crippen molar-refractivity contribution in [1.29, 1.82) is 0 Å². The summed E-state index contributed by atoms with van der Waals surface area (Å²) in [6, 6.07) is 6.99. The monoisotopic (exact) mass is 291 g/mol. The van der Waals surface area contributed by atoms with Crippen molar-refractivity contribution in [1.82, 2.24) is 10.6 Å². The first-order chi connectivity index (χ1) is 10.0. The van der Waals surface area contributed by atoms with Gasteiger partial charge in [0.1, 0.15) is 0 Å². The van der Waals surface area contributed by atoms with Crippen molar-refractivity contribution >= 4 is 17.5 Å². The summed E-state index contributed by atoms with van der Waals surface area (Å²) >= 11 is 0. The van der Waals surface area contributed by atoms with Gasteiger partial charge in [-0.1, -0.05) is 13.3 Å². The Morgan fingerprint density at radius 2 is 1.81 bits per heavy atom. The lowest BCUT2D eigenvalue weighted by Crippen LogP contribution is -2.30. The molecule has 0 radical (unpaired) electrons. The van der Waals surface area contributed by atoms with E-state index >= 15 is 0 Å². The molecule has 0 saturated carbocycles. The van der Waals surface area contributed by atoms with E-state index in [1.54, 1.807) is 24.3 Å². The van der Waals surface area contributed by atoms with Crippen LogP contribution in [0.3, 0.4) is 0 Å². The van der Waals surface area contributed by atoms with E-state index in [1.807, 2.05) is 13.8 Å². The predicted octanol–water partition coefficient (Wildman–Crippen LogP) is 2.15. The second-order valence-corrected chi connectivity index (χ2v) is 5.28. The standard InChI is InChI=1S/C16H25N3O2/c1-4-5-10-17-11-15(20)19-14-8-6-13(7-9-14)16(21)18-12(2)3/h6-9,12,17H,4-5,10-11H2,1-3H3,(H,18,21)(H,19,20). The Balaban J connectivity index is 2.43. The molecule has 1 rings (SSSR count). The Morgan fingerprint density at radius 3 is 2.38 bits per heavy atom. The summed E-state index contributed by atoms with van der Waals surface area (Å²) in [5.41, 5.74) is 1.28. The maximum Gasteiger partial charge on any atom is 0.251 e. The maximum atomic E-state index is 11.8. The van der Waals surface area contributed by atoms with Crippen molar-refractivity contribution in [2.75, 3.05) is 18.4 Å². The van der Waals surface area contributed by atoms with Crippen molar-refractivity contribution in [3.05, 3.63) is 29.8 Å². The van der Waals surface area contributed by atoms with E-state index in [9.17, 15) is 9.59 Å². The summed E-state index contributed by atoms with van der Waals surface area (Å²) in [5, 5.41) is 8.70. The number of unbranched alkanes of at least 4 members (excludes halogenated alkanes) is 1. The molecule has 21 heavy (non-hydrogen) atoms. The molecule has 3 N–H and O–H groups in total. The third kappa shape index (κ3) is 6.90. The van der Waals surface area contributed by atoms with E-state index in [0.717, 1.165) is 19.4 Å². The molecule has 0 aliphatic rings. The van der Waals surface area contributed by atoms with E-state index in [4.69, 9.17) is 0 Å². The second-order valence-electron chi connectivity index (χ2n) is 5.28. The molecular weight excluding hydrogens is 266 g/mol. The number of anilines is 1. The first-order valence-corrected chi connectivity index (χ1v) is 7.44. The molecule has 0 saturated heterocycles. The van der Waals surface area contributed by atoms with Crippen molar-refractivity contribution in [3.8, 4) is 0 Å². The molecule has 0 aliphatic carbocycles. The molecule has 5 nitrogen and oxygen atoms in total. The molecule has 0 spiro atoms. The van der Waals surface area contributed by atoms with Crippen molar-refractivity contribution in [2.24, 2.45) is 0 Å². The van der Waals surface area contributed by atoms with Gasteiger partial charge in [0.25, 0.3) is 5.91 Å². The lowest BCUT2D eigenvalue weighted by molar-refractivity contribution is -0.115. The Kier molecular flexibility index (Phi) is 7.46. The minimum Gasteiger partial charge on any atom is -0.350 e. The van der Waals surface area contributed by atoms with Crippen molar-refractivity contribution in [3.63, 3.8) is 0 Å². The highest BCUT2D eigenvalue weighted by Crippen LogP contribution is 2.09. The number of rotatable bonds is 8. The van der Waals surface area contributed by atoms with Crippen LogP contribution in [0.4, 0.5) is 5.69 Å². The van der Waals surface area contributed by atoms with E-state index in [0.29, 0.717) is 17.8 Å². The second kappa shape index (κ2) is 9.13. The minimum absolute atomic E-state index is 0.0783. The van der Waals surface area contributed by atoms with E-state index < -0.39 is 0 Å². The quantitative estimate of drug-likeness (QED) is 0.643. The summed E-state index contributed by atoms with van der Waals surface area (Å²) in [7, 11) is 0. The predicted molar refractivity (Wildman–Crippen MR) is 85.5 cm³/mol. The van der Waals surface area contributed by atoms with Gasteiger partial charge in [-0.25, -0.2) is 0 Å². The SMILES string of the molecule is CCCCNCC(=O)Nc1ccc(C(=O)NC(C)C)cc1. The number of carbonyl (C=O) groups is 2. The first kappa shape index (κ1) is 17.2. The number of nitrogens with one attached hydrogen (secondary N) is 3. The highest BCUT2D eigenvalue weighted by molar-refractivity contribution is 5.96. The molecule has 0 bridgehead atoms. The van der Waals surface area contributed by atoms with Gasteiger partial charge < -0.3 is 16.0 Å². The third-order valence-corrected chi connectivity index (χ3v) is 2.84. The molecule has 2 amide bonds. The zero-order valence-electron chi connectivity index (χ0n) is 13.0. The van der Waals surface area contributed by atoms with Crippen LogP contribution in [0, 0.1) is 0 Å². The van der Waals surface area contributed by atoms with Gasteiger partial charge in [0.2, 0.25) is 5.91 Å². The molecule has 0 unspecified atom stereocenters. The van der Waals surface area contributed by atoms with E-state index in [1.165, 1.54) is 0 Å². The fourth-order valence-electron chi connectivity index (χ4n) is 1.76. The Labute approximate surface area is 126 Å². The highest BCUT2D eigenvalue weighted by atomic mass is 16.2. The lowest BCUT2D eigenvalue weighted by atomic mass is 10.2. The number of hydrogen-bond acceptors (Lipinski definition) is 3. The van der Waals surface area contributed by atoms with Gasteiger partial charge in [-0.2, -0.15) is 0 Å². The fraction of sp³-hybridized carbons (Fsp3) is 0.500. The van der Waals surface area contributed by atoms with Crippen LogP contribution < -0.4 is 16.0 Å². The zero-order chi connectivity index (χ0) is 15.7. The van der Waals surface area contributed by atoms with Gasteiger partial charge in [0.05, 0.1) is 6.54 Å². The fourth-order valence-corrected chi connectivity index (χ4v) is 1.76. The van der Waals surface area contributed by atoms with Crippen LogP contribution in [-0.2, 0) is 4.79 Å². The smallest absolute Gasteiger partial charge is 0.251 e. The molecule has 0 heterocycles. The summed E-state index contributed by atoms with van der Waals surface area (Å²) in [6.45, 7) is 7.09. The minimum atomic E-state index is -0.107. The lowest BCUT2D eigenvalue weighted by Gasteiger charge is -2.09.